The molecule has 2 N–H and O–H groups in total. The van der Waals surface area contributed by atoms with Gasteiger partial charge in [0.2, 0.25) is 5.88 Å². The summed E-state index contributed by atoms with van der Waals surface area (Å²) in [6.07, 6.45) is 6.81. The minimum Gasteiger partial charge on any atom is -0.437 e. The van der Waals surface area contributed by atoms with Crippen LogP contribution in [0.15, 0.2) is 30.6 Å². The van der Waals surface area contributed by atoms with Gasteiger partial charge >= 0.3 is 0 Å². The largest absolute Gasteiger partial charge is 0.437 e. The molecule has 92 valence electrons. The SMILES string of the molecule is NCc1cncc(Oc2ccc3c(c2)CCC3)n1. The van der Waals surface area contributed by atoms with Crippen LogP contribution in [0, 0.1) is 0 Å². The summed E-state index contributed by atoms with van der Waals surface area (Å²) in [5.41, 5.74) is 9.08. The smallest absolute Gasteiger partial charge is 0.238 e. The van der Waals surface area contributed by atoms with Gasteiger partial charge in [0.25, 0.3) is 0 Å². The highest BCUT2D eigenvalue weighted by atomic mass is 16.5. The van der Waals surface area contributed by atoms with Crippen molar-refractivity contribution in [2.24, 2.45) is 5.73 Å². The lowest BCUT2D eigenvalue weighted by Crippen LogP contribution is -2.01. The molecule has 0 aliphatic heterocycles. The van der Waals surface area contributed by atoms with Crippen molar-refractivity contribution in [2.45, 2.75) is 25.8 Å². The number of hydrogen-bond acceptors (Lipinski definition) is 4. The van der Waals surface area contributed by atoms with Crippen LogP contribution in [0.2, 0.25) is 0 Å². The van der Waals surface area contributed by atoms with Gasteiger partial charge < -0.3 is 10.5 Å². The van der Waals surface area contributed by atoms with Gasteiger partial charge in [-0.1, -0.05) is 6.07 Å². The Kier molecular flexibility index (Phi) is 2.94. The summed E-state index contributed by atoms with van der Waals surface area (Å²) < 4.78 is 5.72. The Morgan fingerprint density at radius 2 is 2.06 bits per heavy atom. The maximum atomic E-state index is 5.72. The second-order valence-electron chi connectivity index (χ2n) is 4.44. The summed E-state index contributed by atoms with van der Waals surface area (Å²) in [6.45, 7) is 0.369. The van der Waals surface area contributed by atoms with Crippen molar-refractivity contribution in [1.82, 2.24) is 9.97 Å². The van der Waals surface area contributed by atoms with Crippen LogP contribution in [-0.4, -0.2) is 9.97 Å². The Morgan fingerprint density at radius 1 is 1.17 bits per heavy atom. The van der Waals surface area contributed by atoms with E-state index in [1.165, 1.54) is 24.0 Å². The van der Waals surface area contributed by atoms with Crippen LogP contribution in [0.1, 0.15) is 23.2 Å². The first-order valence-electron chi connectivity index (χ1n) is 6.16. The fourth-order valence-electron chi connectivity index (χ4n) is 2.27. The number of ether oxygens (including phenoxy) is 1. The first-order chi connectivity index (χ1) is 8.85. The Bertz CT molecular complexity index is 569. The molecule has 0 unspecified atom stereocenters. The number of aryl methyl sites for hydroxylation is 2. The Balaban J connectivity index is 1.83. The third kappa shape index (κ3) is 2.19. The molecular weight excluding hydrogens is 226 g/mol. The molecule has 4 heteroatoms. The van der Waals surface area contributed by atoms with Crippen molar-refractivity contribution in [2.75, 3.05) is 0 Å². The lowest BCUT2D eigenvalue weighted by Gasteiger charge is -2.07. The van der Waals surface area contributed by atoms with Crippen LogP contribution in [0.3, 0.4) is 0 Å². The van der Waals surface area contributed by atoms with Gasteiger partial charge in [0.05, 0.1) is 11.9 Å². The number of fused-ring (bicyclic) bond motifs is 1. The third-order valence-electron chi connectivity index (χ3n) is 3.16. The normalized spacial score (nSPS) is 13.4. The molecule has 1 aliphatic rings. The molecule has 1 aliphatic carbocycles. The first kappa shape index (κ1) is 11.2. The standard InChI is InChI=1S/C14H15N3O/c15-7-12-8-16-9-14(17-12)18-13-5-4-10-2-1-3-11(10)6-13/h4-6,8-9H,1-3,7,15H2. The van der Waals surface area contributed by atoms with Gasteiger partial charge in [0.15, 0.2) is 0 Å². The van der Waals surface area contributed by atoms with Gasteiger partial charge in [0.1, 0.15) is 5.75 Å². The van der Waals surface area contributed by atoms with Gasteiger partial charge in [-0.15, -0.1) is 0 Å². The fourth-order valence-corrected chi connectivity index (χ4v) is 2.27. The monoisotopic (exact) mass is 241 g/mol. The highest BCUT2D eigenvalue weighted by Gasteiger charge is 2.11. The maximum absolute atomic E-state index is 5.72. The Hall–Kier alpha value is -1.94. The number of nitrogens with two attached hydrogens (primary N) is 1. The minimum atomic E-state index is 0.369. The van der Waals surface area contributed by atoms with E-state index in [9.17, 15) is 0 Å². The number of benzene rings is 1. The summed E-state index contributed by atoms with van der Waals surface area (Å²) in [7, 11) is 0. The van der Waals surface area contributed by atoms with Crippen LogP contribution >= 0.6 is 0 Å². The molecule has 0 spiro atoms. The molecule has 1 aromatic carbocycles. The highest BCUT2D eigenvalue weighted by Crippen LogP contribution is 2.28. The molecule has 0 saturated heterocycles. The predicted octanol–water partition coefficient (Wildman–Crippen LogP) is 2.22. The number of hydrogen-bond donors (Lipinski definition) is 1. The van der Waals surface area contributed by atoms with Gasteiger partial charge in [0, 0.05) is 12.7 Å². The van der Waals surface area contributed by atoms with E-state index in [0.717, 1.165) is 17.9 Å². The number of rotatable bonds is 3. The second-order valence-corrected chi connectivity index (χ2v) is 4.44. The van der Waals surface area contributed by atoms with E-state index in [-0.39, 0.29) is 0 Å². The molecule has 0 atom stereocenters. The zero-order valence-corrected chi connectivity index (χ0v) is 10.1. The van der Waals surface area contributed by atoms with Crippen LogP contribution in [0.5, 0.6) is 11.6 Å². The van der Waals surface area contributed by atoms with Crippen molar-refractivity contribution in [1.29, 1.82) is 0 Å². The van der Waals surface area contributed by atoms with Crippen LogP contribution in [0.25, 0.3) is 0 Å². The van der Waals surface area contributed by atoms with E-state index < -0.39 is 0 Å². The van der Waals surface area contributed by atoms with Gasteiger partial charge in [-0.3, -0.25) is 4.98 Å². The lowest BCUT2D eigenvalue weighted by atomic mass is 10.1. The quantitative estimate of drug-likeness (QED) is 0.895. The zero-order valence-electron chi connectivity index (χ0n) is 10.1. The molecule has 0 saturated carbocycles. The van der Waals surface area contributed by atoms with Crippen LogP contribution in [-0.2, 0) is 19.4 Å². The van der Waals surface area contributed by atoms with Crippen molar-refractivity contribution >= 4 is 0 Å². The highest BCUT2D eigenvalue weighted by molar-refractivity contribution is 5.39. The molecule has 4 nitrogen and oxygen atoms in total. The number of nitrogens with zero attached hydrogens (tertiary/aromatic N) is 2. The molecule has 1 aromatic heterocycles. The molecule has 2 aromatic rings. The topological polar surface area (TPSA) is 61.0 Å². The predicted molar refractivity (Wildman–Crippen MR) is 68.5 cm³/mol. The molecule has 1 heterocycles. The average Bonchev–Trinajstić information content (AvgIpc) is 2.86. The molecule has 0 fully saturated rings. The first-order valence-corrected chi connectivity index (χ1v) is 6.16. The van der Waals surface area contributed by atoms with Gasteiger partial charge in [-0.05, 0) is 42.5 Å². The van der Waals surface area contributed by atoms with Crippen molar-refractivity contribution < 1.29 is 4.74 Å². The van der Waals surface area contributed by atoms with Crippen molar-refractivity contribution in [3.05, 3.63) is 47.4 Å². The van der Waals surface area contributed by atoms with E-state index in [0.29, 0.717) is 12.4 Å². The Morgan fingerprint density at radius 3 is 2.94 bits per heavy atom. The molecule has 0 amide bonds. The maximum Gasteiger partial charge on any atom is 0.238 e. The summed E-state index contributed by atoms with van der Waals surface area (Å²) in [5, 5.41) is 0. The summed E-state index contributed by atoms with van der Waals surface area (Å²) in [4.78, 5) is 8.33. The Labute approximate surface area is 106 Å². The van der Waals surface area contributed by atoms with E-state index in [1.54, 1.807) is 12.4 Å². The van der Waals surface area contributed by atoms with Gasteiger partial charge in [-0.2, -0.15) is 0 Å². The van der Waals surface area contributed by atoms with E-state index >= 15 is 0 Å². The van der Waals surface area contributed by atoms with Gasteiger partial charge in [-0.25, -0.2) is 4.98 Å². The third-order valence-corrected chi connectivity index (χ3v) is 3.16. The molecule has 3 rings (SSSR count). The summed E-state index contributed by atoms with van der Waals surface area (Å²) in [5.74, 6) is 1.31. The zero-order chi connectivity index (χ0) is 12.4. The lowest BCUT2D eigenvalue weighted by molar-refractivity contribution is 0.457. The van der Waals surface area contributed by atoms with E-state index in [4.69, 9.17) is 10.5 Å². The van der Waals surface area contributed by atoms with E-state index in [1.807, 2.05) is 6.07 Å². The van der Waals surface area contributed by atoms with Crippen molar-refractivity contribution in [3.8, 4) is 11.6 Å². The average molecular weight is 241 g/mol. The van der Waals surface area contributed by atoms with E-state index in [2.05, 4.69) is 22.1 Å². The number of aromatic nitrogens is 2. The molecule has 18 heavy (non-hydrogen) atoms. The summed E-state index contributed by atoms with van der Waals surface area (Å²) in [6, 6.07) is 6.22. The molecule has 0 radical (unpaired) electrons. The minimum absolute atomic E-state index is 0.369. The fraction of sp³-hybridized carbons (Fsp3) is 0.286. The van der Waals surface area contributed by atoms with Crippen molar-refractivity contribution in [3.63, 3.8) is 0 Å². The summed E-state index contributed by atoms with van der Waals surface area (Å²) >= 11 is 0. The molecular formula is C14H15N3O. The molecule has 0 bridgehead atoms. The second kappa shape index (κ2) is 4.74. The van der Waals surface area contributed by atoms with Crippen LogP contribution < -0.4 is 10.5 Å². The van der Waals surface area contributed by atoms with Crippen LogP contribution in [0.4, 0.5) is 0 Å².